The Hall–Kier alpha value is 0.740. The van der Waals surface area contributed by atoms with Gasteiger partial charge in [0.1, 0.15) is 0 Å². The van der Waals surface area contributed by atoms with E-state index in [9.17, 15) is 8.78 Å². The van der Waals surface area contributed by atoms with Crippen LogP contribution in [0.3, 0.4) is 0 Å². The minimum Gasteiger partial charge on any atom is -0.239 e. The first kappa shape index (κ1) is 9.83. The van der Waals surface area contributed by atoms with Crippen LogP contribution in [0.5, 0.6) is 0 Å². The second-order valence-corrected chi connectivity index (χ2v) is 4.31. The fourth-order valence-electron chi connectivity index (χ4n) is 0.955. The molecule has 0 aromatic rings. The van der Waals surface area contributed by atoms with Crippen LogP contribution >= 0.6 is 32.3 Å². The standard InChI is InChI=1S/C5H8Br2F2N2/c6-10-1-2-11(7)4(3-10)5(8)9/h4-5H,1-3H2. The number of piperazine rings is 1. The maximum atomic E-state index is 12.2. The highest BCUT2D eigenvalue weighted by Crippen LogP contribution is 2.20. The highest BCUT2D eigenvalue weighted by molar-refractivity contribution is 9.07. The molecule has 11 heavy (non-hydrogen) atoms. The molecule has 0 aliphatic carbocycles. The Balaban J connectivity index is 2.47. The molecule has 1 atom stereocenters. The van der Waals surface area contributed by atoms with Crippen molar-refractivity contribution in [3.05, 3.63) is 0 Å². The van der Waals surface area contributed by atoms with E-state index in [0.29, 0.717) is 13.1 Å². The van der Waals surface area contributed by atoms with Gasteiger partial charge in [-0.3, -0.25) is 0 Å². The van der Waals surface area contributed by atoms with Crippen molar-refractivity contribution in [2.75, 3.05) is 19.6 Å². The number of rotatable bonds is 1. The normalized spacial score (nSPS) is 29.7. The van der Waals surface area contributed by atoms with Crippen LogP contribution in [0.2, 0.25) is 0 Å². The van der Waals surface area contributed by atoms with E-state index in [4.69, 9.17) is 0 Å². The zero-order valence-corrected chi connectivity index (χ0v) is 8.85. The van der Waals surface area contributed by atoms with Gasteiger partial charge in [-0.15, -0.1) is 0 Å². The van der Waals surface area contributed by atoms with Gasteiger partial charge in [-0.25, -0.2) is 16.6 Å². The summed E-state index contributed by atoms with van der Waals surface area (Å²) in [4.78, 5) is 0. The molecule has 1 aliphatic rings. The van der Waals surface area contributed by atoms with Gasteiger partial charge in [-0.1, -0.05) is 0 Å². The monoisotopic (exact) mass is 292 g/mol. The van der Waals surface area contributed by atoms with E-state index in [1.54, 1.807) is 3.93 Å². The molecule has 1 fully saturated rings. The molecule has 0 spiro atoms. The molecular formula is C5H8Br2F2N2. The van der Waals surface area contributed by atoms with Crippen molar-refractivity contribution in [2.45, 2.75) is 12.5 Å². The first-order chi connectivity index (χ1) is 5.11. The van der Waals surface area contributed by atoms with Gasteiger partial charge in [0.2, 0.25) is 0 Å². The highest BCUT2D eigenvalue weighted by atomic mass is 79.9. The second-order valence-electron chi connectivity index (χ2n) is 2.39. The van der Waals surface area contributed by atoms with Crippen LogP contribution in [0.4, 0.5) is 8.78 Å². The SMILES string of the molecule is FC(F)C1CN(Br)CCN1Br. The first-order valence-corrected chi connectivity index (χ1v) is 4.64. The molecule has 6 heteroatoms. The zero-order valence-electron chi connectivity index (χ0n) is 5.68. The van der Waals surface area contributed by atoms with E-state index >= 15 is 0 Å². The predicted molar refractivity (Wildman–Crippen MR) is 45.9 cm³/mol. The predicted octanol–water partition coefficient (Wildman–Crippen LogP) is 1.86. The van der Waals surface area contributed by atoms with Gasteiger partial charge in [0.15, 0.2) is 0 Å². The Morgan fingerprint density at radius 1 is 1.27 bits per heavy atom. The molecule has 1 unspecified atom stereocenters. The van der Waals surface area contributed by atoms with Gasteiger partial charge in [-0.2, -0.15) is 0 Å². The largest absolute Gasteiger partial charge is 0.256 e. The molecule has 0 aromatic heterocycles. The van der Waals surface area contributed by atoms with Gasteiger partial charge in [0.25, 0.3) is 6.43 Å². The summed E-state index contributed by atoms with van der Waals surface area (Å²) in [6.07, 6.45) is -2.30. The molecule has 0 amide bonds. The van der Waals surface area contributed by atoms with Crippen molar-refractivity contribution >= 4 is 32.3 Å². The van der Waals surface area contributed by atoms with Gasteiger partial charge in [-0.05, 0) is 0 Å². The summed E-state index contributed by atoms with van der Waals surface area (Å²) in [5.41, 5.74) is 0. The molecule has 1 aliphatic heterocycles. The lowest BCUT2D eigenvalue weighted by atomic mass is 10.2. The third-order valence-corrected chi connectivity index (χ3v) is 3.12. The Bertz CT molecular complexity index is 136. The fourth-order valence-corrected chi connectivity index (χ4v) is 1.88. The number of hydrogen-bond donors (Lipinski definition) is 0. The lowest BCUT2D eigenvalue weighted by Crippen LogP contribution is -2.48. The second kappa shape index (κ2) is 4.11. The fraction of sp³-hybridized carbons (Fsp3) is 1.00. The summed E-state index contributed by atoms with van der Waals surface area (Å²) >= 11 is 6.27. The summed E-state index contributed by atoms with van der Waals surface area (Å²) in [5, 5.41) is 0. The summed E-state index contributed by atoms with van der Waals surface area (Å²) in [6, 6.07) is -0.705. The van der Waals surface area contributed by atoms with E-state index in [1.807, 2.05) is 0 Å². The number of alkyl halides is 2. The average Bonchev–Trinajstić information content (AvgIpc) is 1.94. The molecule has 0 saturated carbocycles. The number of hydrogen-bond acceptors (Lipinski definition) is 2. The van der Waals surface area contributed by atoms with Crippen LogP contribution in [-0.2, 0) is 0 Å². The van der Waals surface area contributed by atoms with Crippen LogP contribution in [0.25, 0.3) is 0 Å². The third kappa shape index (κ3) is 2.61. The number of halogens is 4. The molecule has 0 N–H and O–H groups in total. The van der Waals surface area contributed by atoms with Crippen molar-refractivity contribution in [1.82, 2.24) is 7.85 Å². The Kier molecular flexibility index (Phi) is 3.67. The Morgan fingerprint density at radius 2 is 1.91 bits per heavy atom. The highest BCUT2D eigenvalue weighted by Gasteiger charge is 2.31. The molecule has 1 rings (SSSR count). The molecular weight excluding hydrogens is 286 g/mol. The van der Waals surface area contributed by atoms with Gasteiger partial charge < -0.3 is 0 Å². The minimum atomic E-state index is -2.30. The summed E-state index contributed by atoms with van der Waals surface area (Å²) < 4.78 is 27.7. The average molecular weight is 294 g/mol. The maximum absolute atomic E-state index is 12.2. The summed E-state index contributed by atoms with van der Waals surface area (Å²) in [6.45, 7) is 1.72. The Morgan fingerprint density at radius 3 is 2.36 bits per heavy atom. The van der Waals surface area contributed by atoms with Crippen molar-refractivity contribution < 1.29 is 8.78 Å². The van der Waals surface area contributed by atoms with E-state index in [1.165, 1.54) is 3.93 Å². The van der Waals surface area contributed by atoms with Crippen molar-refractivity contribution in [3.8, 4) is 0 Å². The van der Waals surface area contributed by atoms with Crippen LogP contribution < -0.4 is 0 Å². The quantitative estimate of drug-likeness (QED) is 0.681. The first-order valence-electron chi connectivity index (χ1n) is 3.22. The van der Waals surface area contributed by atoms with Crippen molar-refractivity contribution in [3.63, 3.8) is 0 Å². The van der Waals surface area contributed by atoms with Crippen molar-refractivity contribution in [2.24, 2.45) is 0 Å². The van der Waals surface area contributed by atoms with E-state index < -0.39 is 12.5 Å². The third-order valence-electron chi connectivity index (χ3n) is 1.59. The molecule has 0 radical (unpaired) electrons. The summed E-state index contributed by atoms with van der Waals surface area (Å²) in [5.74, 6) is 0. The van der Waals surface area contributed by atoms with E-state index in [2.05, 4.69) is 32.3 Å². The Labute approximate surface area is 81.2 Å². The lowest BCUT2D eigenvalue weighted by Gasteiger charge is -2.33. The molecule has 2 nitrogen and oxygen atoms in total. The maximum Gasteiger partial charge on any atom is 0.256 e. The minimum absolute atomic E-state index is 0.350. The lowest BCUT2D eigenvalue weighted by molar-refractivity contribution is 0.0451. The van der Waals surface area contributed by atoms with E-state index in [-0.39, 0.29) is 0 Å². The molecule has 66 valence electrons. The van der Waals surface area contributed by atoms with Crippen LogP contribution in [-0.4, -0.2) is 40.0 Å². The van der Waals surface area contributed by atoms with Crippen molar-refractivity contribution in [1.29, 1.82) is 0 Å². The van der Waals surface area contributed by atoms with Crippen LogP contribution in [0.15, 0.2) is 0 Å². The smallest absolute Gasteiger partial charge is 0.239 e. The van der Waals surface area contributed by atoms with Gasteiger partial charge in [0.05, 0.1) is 6.04 Å². The van der Waals surface area contributed by atoms with Crippen LogP contribution in [0.1, 0.15) is 0 Å². The topological polar surface area (TPSA) is 6.48 Å². The van der Waals surface area contributed by atoms with Crippen LogP contribution in [0, 0.1) is 0 Å². The van der Waals surface area contributed by atoms with Gasteiger partial charge >= 0.3 is 0 Å². The van der Waals surface area contributed by atoms with Gasteiger partial charge in [0, 0.05) is 51.9 Å². The zero-order chi connectivity index (χ0) is 8.43. The number of nitrogens with zero attached hydrogens (tertiary/aromatic N) is 2. The molecule has 0 bridgehead atoms. The molecule has 0 aromatic carbocycles. The summed E-state index contributed by atoms with van der Waals surface area (Å²) in [7, 11) is 0. The molecule has 1 heterocycles. The van der Waals surface area contributed by atoms with E-state index in [0.717, 1.165) is 6.54 Å². The molecule has 1 saturated heterocycles.